The zero-order valence-corrected chi connectivity index (χ0v) is 8.50. The minimum Gasteiger partial charge on any atom is -0.389 e. The molecule has 16 heavy (non-hydrogen) atoms. The van der Waals surface area contributed by atoms with Crippen LogP contribution in [-0.2, 0) is 0 Å². The summed E-state index contributed by atoms with van der Waals surface area (Å²) in [5, 5.41) is 19.0. The van der Waals surface area contributed by atoms with Gasteiger partial charge in [-0.1, -0.05) is 0 Å². The number of pyridine rings is 1. The molecule has 2 atom stereocenters. The highest BCUT2D eigenvalue weighted by atomic mass is 16.3. The molecule has 1 amide bonds. The second-order valence-electron chi connectivity index (χ2n) is 3.23. The number of nitrogens with one attached hydrogen (secondary N) is 1. The molecule has 1 aromatic rings. The molecule has 0 spiro atoms. The molecule has 0 saturated carbocycles. The SMILES string of the molecule is NCC(O)C(O)c1cncc(C(=O)NN)c1. The van der Waals surface area contributed by atoms with E-state index in [1.165, 1.54) is 18.5 Å². The van der Waals surface area contributed by atoms with Crippen LogP contribution in [-0.4, -0.2) is 33.8 Å². The lowest BCUT2D eigenvalue weighted by atomic mass is 10.0. The van der Waals surface area contributed by atoms with Crippen LogP contribution in [0.5, 0.6) is 0 Å². The fourth-order valence-electron chi connectivity index (χ4n) is 1.18. The van der Waals surface area contributed by atoms with Crippen molar-refractivity contribution in [3.8, 4) is 0 Å². The predicted octanol–water partition coefficient (Wildman–Crippen LogP) is -1.96. The summed E-state index contributed by atoms with van der Waals surface area (Å²) < 4.78 is 0. The van der Waals surface area contributed by atoms with Crippen molar-refractivity contribution in [1.82, 2.24) is 10.4 Å². The average molecular weight is 226 g/mol. The third kappa shape index (κ3) is 2.74. The first kappa shape index (κ1) is 12.5. The van der Waals surface area contributed by atoms with Crippen LogP contribution >= 0.6 is 0 Å². The molecule has 0 aliphatic rings. The number of aliphatic hydroxyl groups is 2. The van der Waals surface area contributed by atoms with Crippen molar-refractivity contribution >= 4 is 5.91 Å². The van der Waals surface area contributed by atoms with Crippen molar-refractivity contribution in [2.45, 2.75) is 12.2 Å². The minimum atomic E-state index is -1.18. The van der Waals surface area contributed by atoms with E-state index in [0.717, 1.165) is 0 Å². The lowest BCUT2D eigenvalue weighted by Gasteiger charge is -2.16. The highest BCUT2D eigenvalue weighted by molar-refractivity contribution is 5.93. The molecule has 88 valence electrons. The number of amides is 1. The van der Waals surface area contributed by atoms with Crippen molar-refractivity contribution in [2.75, 3.05) is 6.54 Å². The molecular formula is C9H14N4O3. The van der Waals surface area contributed by atoms with E-state index in [-0.39, 0.29) is 12.1 Å². The summed E-state index contributed by atoms with van der Waals surface area (Å²) in [7, 11) is 0. The zero-order chi connectivity index (χ0) is 12.1. The van der Waals surface area contributed by atoms with Crippen molar-refractivity contribution in [2.24, 2.45) is 11.6 Å². The number of aromatic nitrogens is 1. The second-order valence-corrected chi connectivity index (χ2v) is 3.23. The molecule has 7 nitrogen and oxygen atoms in total. The van der Waals surface area contributed by atoms with Crippen LogP contribution < -0.4 is 17.0 Å². The fraction of sp³-hybridized carbons (Fsp3) is 0.333. The Morgan fingerprint density at radius 3 is 2.75 bits per heavy atom. The lowest BCUT2D eigenvalue weighted by Crippen LogP contribution is -2.31. The Hall–Kier alpha value is -1.54. The topological polar surface area (TPSA) is 134 Å². The maximum atomic E-state index is 11.2. The summed E-state index contributed by atoms with van der Waals surface area (Å²) in [6.45, 7) is -0.0888. The van der Waals surface area contributed by atoms with Crippen LogP contribution in [0.1, 0.15) is 22.0 Å². The molecule has 0 aromatic carbocycles. The molecule has 0 aliphatic carbocycles. The first-order chi connectivity index (χ1) is 7.60. The standard InChI is InChI=1S/C9H14N4O3/c10-2-7(14)8(15)5-1-6(4-12-3-5)9(16)13-11/h1,3-4,7-8,14-15H,2,10-11H2,(H,13,16). The van der Waals surface area contributed by atoms with Gasteiger partial charge in [0.1, 0.15) is 6.10 Å². The Morgan fingerprint density at radius 1 is 1.50 bits per heavy atom. The number of nitrogens with zero attached hydrogens (tertiary/aromatic N) is 1. The van der Waals surface area contributed by atoms with Crippen molar-refractivity contribution in [3.05, 3.63) is 29.6 Å². The summed E-state index contributed by atoms with van der Waals surface area (Å²) in [4.78, 5) is 14.9. The van der Waals surface area contributed by atoms with Gasteiger partial charge in [0.25, 0.3) is 5.91 Å². The Balaban J connectivity index is 2.94. The van der Waals surface area contributed by atoms with E-state index in [4.69, 9.17) is 11.6 Å². The van der Waals surface area contributed by atoms with Gasteiger partial charge in [0.05, 0.1) is 11.7 Å². The number of aliphatic hydroxyl groups excluding tert-OH is 2. The Morgan fingerprint density at radius 2 is 2.19 bits per heavy atom. The highest BCUT2D eigenvalue weighted by Gasteiger charge is 2.18. The summed E-state index contributed by atoms with van der Waals surface area (Å²) in [6.07, 6.45) is 0.366. The number of nitrogens with two attached hydrogens (primary N) is 2. The quantitative estimate of drug-likeness (QED) is 0.230. The van der Waals surface area contributed by atoms with Crippen molar-refractivity contribution < 1.29 is 15.0 Å². The maximum Gasteiger partial charge on any atom is 0.266 e. The van der Waals surface area contributed by atoms with Gasteiger partial charge in [-0.15, -0.1) is 0 Å². The Labute approximate surface area is 92.1 Å². The van der Waals surface area contributed by atoms with Crippen LogP contribution in [0.4, 0.5) is 0 Å². The van der Waals surface area contributed by atoms with Crippen LogP contribution in [0.25, 0.3) is 0 Å². The van der Waals surface area contributed by atoms with Crippen molar-refractivity contribution in [1.29, 1.82) is 0 Å². The predicted molar refractivity (Wildman–Crippen MR) is 55.9 cm³/mol. The van der Waals surface area contributed by atoms with Crippen LogP contribution in [0.2, 0.25) is 0 Å². The molecular weight excluding hydrogens is 212 g/mol. The molecule has 0 fully saturated rings. The van der Waals surface area contributed by atoms with E-state index >= 15 is 0 Å². The molecule has 7 N–H and O–H groups in total. The van der Waals surface area contributed by atoms with Crippen LogP contribution in [0, 0.1) is 0 Å². The summed E-state index contributed by atoms with van der Waals surface area (Å²) in [6, 6.07) is 1.39. The molecule has 1 aromatic heterocycles. The van der Waals surface area contributed by atoms with E-state index in [1.54, 1.807) is 0 Å². The Bertz CT molecular complexity index is 372. The van der Waals surface area contributed by atoms with Gasteiger partial charge in [-0.05, 0) is 6.07 Å². The number of hydrazine groups is 1. The highest BCUT2D eigenvalue weighted by Crippen LogP contribution is 2.16. The molecule has 0 radical (unpaired) electrons. The molecule has 0 bridgehead atoms. The van der Waals surface area contributed by atoms with Gasteiger partial charge in [-0.2, -0.15) is 0 Å². The normalized spacial score (nSPS) is 14.2. The maximum absolute atomic E-state index is 11.2. The molecule has 1 rings (SSSR count). The van der Waals surface area contributed by atoms with Gasteiger partial charge in [0, 0.05) is 24.5 Å². The Kier molecular flexibility index (Phi) is 4.32. The van der Waals surface area contributed by atoms with Crippen LogP contribution in [0.3, 0.4) is 0 Å². The molecule has 0 saturated heterocycles. The first-order valence-corrected chi connectivity index (χ1v) is 4.62. The third-order valence-corrected chi connectivity index (χ3v) is 2.10. The van der Waals surface area contributed by atoms with Gasteiger partial charge in [0.15, 0.2) is 0 Å². The van der Waals surface area contributed by atoms with Gasteiger partial charge in [-0.25, -0.2) is 5.84 Å². The van der Waals surface area contributed by atoms with Gasteiger partial charge >= 0.3 is 0 Å². The number of carbonyl (C=O) groups is 1. The van der Waals surface area contributed by atoms with E-state index in [0.29, 0.717) is 5.56 Å². The minimum absolute atomic E-state index is 0.0888. The lowest BCUT2D eigenvalue weighted by molar-refractivity contribution is 0.0241. The summed E-state index contributed by atoms with van der Waals surface area (Å²) in [5.41, 5.74) is 7.65. The summed E-state index contributed by atoms with van der Waals surface area (Å²) in [5.74, 6) is 4.43. The number of carbonyl (C=O) groups excluding carboxylic acids is 1. The summed E-state index contributed by atoms with van der Waals surface area (Å²) >= 11 is 0. The van der Waals surface area contributed by atoms with Gasteiger partial charge in [0.2, 0.25) is 0 Å². The smallest absolute Gasteiger partial charge is 0.266 e. The number of rotatable bonds is 4. The number of hydrogen-bond acceptors (Lipinski definition) is 6. The van der Waals surface area contributed by atoms with E-state index < -0.39 is 18.1 Å². The molecule has 0 aliphatic heterocycles. The fourth-order valence-corrected chi connectivity index (χ4v) is 1.18. The zero-order valence-electron chi connectivity index (χ0n) is 8.50. The third-order valence-electron chi connectivity index (χ3n) is 2.10. The molecule has 7 heteroatoms. The molecule has 2 unspecified atom stereocenters. The largest absolute Gasteiger partial charge is 0.389 e. The van der Waals surface area contributed by atoms with Crippen molar-refractivity contribution in [3.63, 3.8) is 0 Å². The van der Waals surface area contributed by atoms with Crippen LogP contribution in [0.15, 0.2) is 18.5 Å². The number of hydrogen-bond donors (Lipinski definition) is 5. The van der Waals surface area contributed by atoms with E-state index in [2.05, 4.69) is 4.98 Å². The van der Waals surface area contributed by atoms with Gasteiger partial charge in [-0.3, -0.25) is 15.2 Å². The molecule has 1 heterocycles. The first-order valence-electron chi connectivity index (χ1n) is 4.62. The second kappa shape index (κ2) is 5.52. The monoisotopic (exact) mass is 226 g/mol. The van der Waals surface area contributed by atoms with E-state index in [1.807, 2.05) is 5.43 Å². The van der Waals surface area contributed by atoms with E-state index in [9.17, 15) is 15.0 Å². The van der Waals surface area contributed by atoms with Gasteiger partial charge < -0.3 is 15.9 Å². The average Bonchev–Trinajstić information content (AvgIpc) is 2.36. The number of nitrogen functional groups attached to an aromatic ring is 1.